The summed E-state index contributed by atoms with van der Waals surface area (Å²) in [5, 5.41) is 0. The molecular weight excluding hydrogens is 226 g/mol. The third-order valence-corrected chi connectivity index (χ3v) is 3.32. The zero-order chi connectivity index (χ0) is 12.8. The van der Waals surface area contributed by atoms with E-state index in [1.54, 1.807) is 0 Å². The SMILES string of the molecule is CCCOCCOc1ccc2c(c1)[C@@H](N)CCC2. The van der Waals surface area contributed by atoms with Gasteiger partial charge in [-0.15, -0.1) is 0 Å². The number of aryl methyl sites for hydroxylation is 1. The quantitative estimate of drug-likeness (QED) is 0.788. The Labute approximate surface area is 109 Å². The fraction of sp³-hybridized carbons (Fsp3) is 0.600. The Bertz CT molecular complexity index is 379. The lowest BCUT2D eigenvalue weighted by molar-refractivity contribution is 0.101. The van der Waals surface area contributed by atoms with Crippen molar-refractivity contribution in [1.82, 2.24) is 0 Å². The molecule has 3 heteroatoms. The van der Waals surface area contributed by atoms with Crippen LogP contribution in [0.4, 0.5) is 0 Å². The van der Waals surface area contributed by atoms with Gasteiger partial charge in [0.1, 0.15) is 12.4 Å². The molecule has 1 aromatic rings. The minimum absolute atomic E-state index is 0.175. The first kappa shape index (κ1) is 13.4. The maximum atomic E-state index is 6.13. The number of ether oxygens (including phenoxy) is 2. The Kier molecular flexibility index (Phi) is 5.02. The van der Waals surface area contributed by atoms with E-state index >= 15 is 0 Å². The van der Waals surface area contributed by atoms with Gasteiger partial charge in [0.05, 0.1) is 6.61 Å². The van der Waals surface area contributed by atoms with Crippen molar-refractivity contribution in [3.63, 3.8) is 0 Å². The molecule has 0 bridgehead atoms. The lowest BCUT2D eigenvalue weighted by Crippen LogP contribution is -2.17. The van der Waals surface area contributed by atoms with Gasteiger partial charge in [0.25, 0.3) is 0 Å². The molecule has 0 heterocycles. The third kappa shape index (κ3) is 3.47. The topological polar surface area (TPSA) is 44.5 Å². The fourth-order valence-electron chi connectivity index (χ4n) is 2.37. The second kappa shape index (κ2) is 6.76. The average molecular weight is 249 g/mol. The third-order valence-electron chi connectivity index (χ3n) is 3.32. The van der Waals surface area contributed by atoms with E-state index in [0.717, 1.165) is 31.6 Å². The van der Waals surface area contributed by atoms with Crippen molar-refractivity contribution < 1.29 is 9.47 Å². The van der Waals surface area contributed by atoms with Crippen LogP contribution in [-0.4, -0.2) is 19.8 Å². The Balaban J connectivity index is 1.88. The Morgan fingerprint density at radius 1 is 1.28 bits per heavy atom. The van der Waals surface area contributed by atoms with E-state index in [1.165, 1.54) is 17.5 Å². The van der Waals surface area contributed by atoms with Gasteiger partial charge in [0.15, 0.2) is 0 Å². The van der Waals surface area contributed by atoms with Crippen molar-refractivity contribution in [2.45, 2.75) is 38.6 Å². The number of benzene rings is 1. The van der Waals surface area contributed by atoms with Crippen LogP contribution in [0.15, 0.2) is 18.2 Å². The van der Waals surface area contributed by atoms with Crippen LogP contribution < -0.4 is 10.5 Å². The Morgan fingerprint density at radius 3 is 3.00 bits per heavy atom. The lowest BCUT2D eigenvalue weighted by atomic mass is 9.88. The molecule has 3 nitrogen and oxygen atoms in total. The molecule has 1 atom stereocenters. The van der Waals surface area contributed by atoms with Crippen LogP contribution in [0.2, 0.25) is 0 Å². The minimum atomic E-state index is 0.175. The van der Waals surface area contributed by atoms with Gasteiger partial charge >= 0.3 is 0 Å². The molecule has 100 valence electrons. The van der Waals surface area contributed by atoms with E-state index in [9.17, 15) is 0 Å². The van der Waals surface area contributed by atoms with Crippen molar-refractivity contribution in [3.8, 4) is 5.75 Å². The van der Waals surface area contributed by atoms with Crippen LogP contribution >= 0.6 is 0 Å². The van der Waals surface area contributed by atoms with E-state index in [-0.39, 0.29) is 6.04 Å². The second-order valence-corrected chi connectivity index (χ2v) is 4.82. The lowest BCUT2D eigenvalue weighted by Gasteiger charge is -2.22. The molecule has 0 radical (unpaired) electrons. The maximum Gasteiger partial charge on any atom is 0.119 e. The summed E-state index contributed by atoms with van der Waals surface area (Å²) in [6.45, 7) is 4.16. The summed E-state index contributed by atoms with van der Waals surface area (Å²) in [6, 6.07) is 6.46. The van der Waals surface area contributed by atoms with E-state index in [0.29, 0.717) is 13.2 Å². The smallest absolute Gasteiger partial charge is 0.119 e. The van der Waals surface area contributed by atoms with Crippen molar-refractivity contribution in [1.29, 1.82) is 0 Å². The minimum Gasteiger partial charge on any atom is -0.491 e. The van der Waals surface area contributed by atoms with Gasteiger partial charge in [-0.25, -0.2) is 0 Å². The number of nitrogens with two attached hydrogens (primary N) is 1. The number of hydrogen-bond acceptors (Lipinski definition) is 3. The van der Waals surface area contributed by atoms with Gasteiger partial charge < -0.3 is 15.2 Å². The molecule has 1 aliphatic carbocycles. The molecule has 0 unspecified atom stereocenters. The summed E-state index contributed by atoms with van der Waals surface area (Å²) < 4.78 is 11.1. The van der Waals surface area contributed by atoms with Crippen LogP contribution in [0.3, 0.4) is 0 Å². The number of fused-ring (bicyclic) bond motifs is 1. The first-order valence-corrected chi connectivity index (χ1v) is 6.90. The highest BCUT2D eigenvalue weighted by Gasteiger charge is 2.17. The highest BCUT2D eigenvalue weighted by Crippen LogP contribution is 2.30. The first-order valence-electron chi connectivity index (χ1n) is 6.90. The van der Waals surface area contributed by atoms with Gasteiger partial charge in [-0.1, -0.05) is 13.0 Å². The van der Waals surface area contributed by atoms with Crippen molar-refractivity contribution in [3.05, 3.63) is 29.3 Å². The second-order valence-electron chi connectivity index (χ2n) is 4.82. The molecule has 1 aromatic carbocycles. The summed E-state index contributed by atoms with van der Waals surface area (Å²) >= 11 is 0. The molecule has 2 N–H and O–H groups in total. The van der Waals surface area contributed by atoms with Crippen LogP contribution in [0.25, 0.3) is 0 Å². The molecule has 1 aliphatic rings. The molecule has 0 aromatic heterocycles. The first-order chi connectivity index (χ1) is 8.81. The summed E-state index contributed by atoms with van der Waals surface area (Å²) in [5.41, 5.74) is 8.77. The fourth-order valence-corrected chi connectivity index (χ4v) is 2.37. The van der Waals surface area contributed by atoms with Crippen LogP contribution in [0.1, 0.15) is 43.4 Å². The molecule has 0 amide bonds. The molecule has 2 rings (SSSR count). The van der Waals surface area contributed by atoms with Gasteiger partial charge in [-0.05, 0) is 48.9 Å². The summed E-state index contributed by atoms with van der Waals surface area (Å²) in [4.78, 5) is 0. The van der Waals surface area contributed by atoms with Crippen LogP contribution in [-0.2, 0) is 11.2 Å². The zero-order valence-electron chi connectivity index (χ0n) is 11.2. The van der Waals surface area contributed by atoms with Gasteiger partial charge in [0.2, 0.25) is 0 Å². The standard InChI is InChI=1S/C15H23NO2/c1-2-8-17-9-10-18-13-7-6-12-4-3-5-15(16)14(12)11-13/h6-7,11,15H,2-5,8-10,16H2,1H3/t15-/m0/s1. The Morgan fingerprint density at radius 2 is 2.17 bits per heavy atom. The molecule has 0 saturated heterocycles. The molecule has 0 aliphatic heterocycles. The van der Waals surface area contributed by atoms with E-state index in [4.69, 9.17) is 15.2 Å². The monoisotopic (exact) mass is 249 g/mol. The van der Waals surface area contributed by atoms with Gasteiger partial charge in [0, 0.05) is 12.6 Å². The van der Waals surface area contributed by atoms with Gasteiger partial charge in [-0.3, -0.25) is 0 Å². The van der Waals surface area contributed by atoms with Crippen molar-refractivity contribution in [2.75, 3.05) is 19.8 Å². The van der Waals surface area contributed by atoms with E-state index in [2.05, 4.69) is 19.1 Å². The zero-order valence-corrected chi connectivity index (χ0v) is 11.2. The highest BCUT2D eigenvalue weighted by atomic mass is 16.5. The maximum absolute atomic E-state index is 6.13. The van der Waals surface area contributed by atoms with Crippen molar-refractivity contribution in [2.24, 2.45) is 5.73 Å². The molecule has 0 saturated carbocycles. The summed E-state index contributed by atoms with van der Waals surface area (Å²) in [6.07, 6.45) is 4.46. The van der Waals surface area contributed by atoms with Crippen molar-refractivity contribution >= 4 is 0 Å². The summed E-state index contributed by atoms with van der Waals surface area (Å²) in [7, 11) is 0. The van der Waals surface area contributed by atoms with Crippen LogP contribution in [0.5, 0.6) is 5.75 Å². The van der Waals surface area contributed by atoms with E-state index < -0.39 is 0 Å². The molecule has 18 heavy (non-hydrogen) atoms. The molecule has 0 fully saturated rings. The number of rotatable bonds is 6. The van der Waals surface area contributed by atoms with E-state index in [1.807, 2.05) is 6.07 Å². The number of hydrogen-bond donors (Lipinski definition) is 1. The summed E-state index contributed by atoms with van der Waals surface area (Å²) in [5.74, 6) is 0.909. The predicted molar refractivity (Wildman–Crippen MR) is 72.9 cm³/mol. The largest absolute Gasteiger partial charge is 0.491 e. The molecular formula is C15H23NO2. The highest BCUT2D eigenvalue weighted by molar-refractivity contribution is 5.39. The Hall–Kier alpha value is -1.06. The average Bonchev–Trinajstić information content (AvgIpc) is 2.39. The molecule has 0 spiro atoms. The van der Waals surface area contributed by atoms with Gasteiger partial charge in [-0.2, -0.15) is 0 Å². The normalized spacial score (nSPS) is 18.4. The predicted octanol–water partition coefficient (Wildman–Crippen LogP) is 2.83. The van der Waals surface area contributed by atoms with Crippen LogP contribution in [0, 0.1) is 0 Å².